The van der Waals surface area contributed by atoms with Crippen LogP contribution in [0.2, 0.25) is 0 Å². The van der Waals surface area contributed by atoms with Gasteiger partial charge in [0, 0.05) is 11.8 Å². The summed E-state index contributed by atoms with van der Waals surface area (Å²) in [4.78, 5) is 12.3. The maximum Gasteiger partial charge on any atom is 0.165 e. The van der Waals surface area contributed by atoms with Crippen LogP contribution in [0.4, 0.5) is 4.39 Å². The van der Waals surface area contributed by atoms with Gasteiger partial charge >= 0.3 is 0 Å². The Hall–Kier alpha value is -1.38. The second kappa shape index (κ2) is 4.81. The van der Waals surface area contributed by atoms with Crippen LogP contribution in [0.3, 0.4) is 0 Å². The van der Waals surface area contributed by atoms with Crippen LogP contribution in [-0.2, 0) is 11.2 Å². The van der Waals surface area contributed by atoms with Crippen molar-refractivity contribution >= 4 is 5.78 Å². The number of carbonyl (C=O) groups excluding carboxylic acids is 1. The summed E-state index contributed by atoms with van der Waals surface area (Å²) in [5.74, 6) is 2.03. The minimum atomic E-state index is -0.252. The molecule has 2 saturated carbocycles. The van der Waals surface area contributed by atoms with Gasteiger partial charge in [-0.2, -0.15) is 0 Å². The quantitative estimate of drug-likeness (QED) is 0.775. The third-order valence-corrected chi connectivity index (χ3v) is 6.71. The Bertz CT molecular complexity index is 639. The molecule has 1 aromatic rings. The lowest BCUT2D eigenvalue weighted by atomic mass is 9.55. The number of fused-ring (bicyclic) bond motifs is 5. The predicted octanol–water partition coefficient (Wildman–Crippen LogP) is 4.26. The zero-order valence-corrected chi connectivity index (χ0v) is 13.3. The minimum absolute atomic E-state index is 0.107. The molecule has 0 spiro atoms. The van der Waals surface area contributed by atoms with Gasteiger partial charge in [0.05, 0.1) is 7.11 Å². The average Bonchev–Trinajstić information content (AvgIpc) is 2.82. The lowest BCUT2D eigenvalue weighted by Crippen LogP contribution is -2.42. The first kappa shape index (κ1) is 14.2. The standard InChI is InChI=1S/C19H23FO2/c1-19-8-7-12-13(15(19)5-6-18(19)21)4-3-11-9-17(22-2)16(20)10-14(11)12/h9-10,12-13,15H,3-8H2,1-2H3/t12-,13+,15-,19-/m0/s1. The summed E-state index contributed by atoms with van der Waals surface area (Å²) in [7, 11) is 1.52. The first-order valence-electron chi connectivity index (χ1n) is 8.44. The van der Waals surface area contributed by atoms with Crippen LogP contribution in [0.1, 0.15) is 56.1 Å². The number of methoxy groups -OCH3 is 1. The summed E-state index contributed by atoms with van der Waals surface area (Å²) in [6, 6.07) is 3.58. The van der Waals surface area contributed by atoms with E-state index in [-0.39, 0.29) is 11.2 Å². The van der Waals surface area contributed by atoms with Crippen molar-refractivity contribution in [1.29, 1.82) is 0 Å². The zero-order valence-electron chi connectivity index (χ0n) is 13.3. The van der Waals surface area contributed by atoms with Crippen LogP contribution in [0.15, 0.2) is 12.1 Å². The molecule has 4 rings (SSSR count). The number of hydrogen-bond acceptors (Lipinski definition) is 2. The van der Waals surface area contributed by atoms with E-state index in [0.717, 1.165) is 38.5 Å². The topological polar surface area (TPSA) is 26.3 Å². The van der Waals surface area contributed by atoms with E-state index in [4.69, 9.17) is 4.74 Å². The molecule has 2 fully saturated rings. The van der Waals surface area contributed by atoms with Gasteiger partial charge in [0.1, 0.15) is 5.78 Å². The number of rotatable bonds is 1. The molecule has 0 heterocycles. The largest absolute Gasteiger partial charge is 0.494 e. The zero-order chi connectivity index (χ0) is 15.5. The molecule has 3 heteroatoms. The Morgan fingerprint density at radius 3 is 2.82 bits per heavy atom. The van der Waals surface area contributed by atoms with Crippen LogP contribution < -0.4 is 4.74 Å². The van der Waals surface area contributed by atoms with E-state index in [9.17, 15) is 9.18 Å². The first-order chi connectivity index (χ1) is 10.5. The Kier molecular flexibility index (Phi) is 3.11. The van der Waals surface area contributed by atoms with Gasteiger partial charge in [-0.1, -0.05) is 6.92 Å². The smallest absolute Gasteiger partial charge is 0.165 e. The summed E-state index contributed by atoms with van der Waals surface area (Å²) in [6.45, 7) is 2.17. The third-order valence-electron chi connectivity index (χ3n) is 6.71. The fraction of sp³-hybridized carbons (Fsp3) is 0.632. The lowest BCUT2D eigenvalue weighted by Gasteiger charge is -2.48. The van der Waals surface area contributed by atoms with Crippen molar-refractivity contribution in [3.63, 3.8) is 0 Å². The highest BCUT2D eigenvalue weighted by Gasteiger charge is 2.54. The molecule has 1 aromatic carbocycles. The third kappa shape index (κ3) is 1.80. The summed E-state index contributed by atoms with van der Waals surface area (Å²) in [5.41, 5.74) is 2.31. The van der Waals surface area contributed by atoms with Gasteiger partial charge in [0.2, 0.25) is 0 Å². The van der Waals surface area contributed by atoms with Crippen LogP contribution in [0.5, 0.6) is 5.75 Å². The van der Waals surface area contributed by atoms with Crippen molar-refractivity contribution in [3.05, 3.63) is 29.1 Å². The Morgan fingerprint density at radius 1 is 1.23 bits per heavy atom. The molecule has 2 nitrogen and oxygen atoms in total. The van der Waals surface area contributed by atoms with Gasteiger partial charge in [-0.25, -0.2) is 4.39 Å². The van der Waals surface area contributed by atoms with E-state index >= 15 is 0 Å². The van der Waals surface area contributed by atoms with Crippen molar-refractivity contribution in [2.24, 2.45) is 17.3 Å². The molecule has 0 bridgehead atoms. The SMILES string of the molecule is COc1cc2c(cc1F)[C@H]1CC[C@]3(C)C(=O)CC[C@H]3[C@@H]1CC2. The van der Waals surface area contributed by atoms with Crippen LogP contribution in [-0.4, -0.2) is 12.9 Å². The minimum Gasteiger partial charge on any atom is -0.494 e. The monoisotopic (exact) mass is 302 g/mol. The van der Waals surface area contributed by atoms with Crippen LogP contribution in [0, 0.1) is 23.1 Å². The maximum absolute atomic E-state index is 14.2. The predicted molar refractivity (Wildman–Crippen MR) is 82.6 cm³/mol. The molecule has 0 saturated heterocycles. The number of halogens is 1. The molecular formula is C19H23FO2. The van der Waals surface area contributed by atoms with E-state index in [0.29, 0.717) is 29.3 Å². The molecule has 3 aliphatic rings. The Morgan fingerprint density at radius 2 is 2.05 bits per heavy atom. The number of aryl methyl sites for hydroxylation is 1. The molecule has 0 N–H and O–H groups in total. The average molecular weight is 302 g/mol. The second-order valence-electron chi connectivity index (χ2n) is 7.52. The normalized spacial score (nSPS) is 36.5. The van der Waals surface area contributed by atoms with Gasteiger partial charge in [0.15, 0.2) is 11.6 Å². The lowest BCUT2D eigenvalue weighted by molar-refractivity contribution is -0.129. The summed E-state index contributed by atoms with van der Waals surface area (Å²) < 4.78 is 19.3. The highest BCUT2D eigenvalue weighted by molar-refractivity contribution is 5.87. The van der Waals surface area contributed by atoms with Crippen molar-refractivity contribution in [2.75, 3.05) is 7.11 Å². The molecule has 0 aliphatic heterocycles. The van der Waals surface area contributed by atoms with Gasteiger partial charge in [-0.15, -0.1) is 0 Å². The van der Waals surface area contributed by atoms with E-state index in [1.54, 1.807) is 6.07 Å². The molecule has 22 heavy (non-hydrogen) atoms. The molecule has 4 atom stereocenters. The second-order valence-corrected chi connectivity index (χ2v) is 7.52. The van der Waals surface area contributed by atoms with Crippen molar-refractivity contribution in [2.45, 2.75) is 51.4 Å². The first-order valence-corrected chi connectivity index (χ1v) is 8.44. The summed E-state index contributed by atoms with van der Waals surface area (Å²) in [6.07, 6.45) is 5.86. The highest BCUT2D eigenvalue weighted by Crippen LogP contribution is 2.59. The van der Waals surface area contributed by atoms with Crippen LogP contribution >= 0.6 is 0 Å². The van der Waals surface area contributed by atoms with Crippen molar-refractivity contribution in [3.8, 4) is 5.75 Å². The number of ether oxygens (including phenoxy) is 1. The highest BCUT2D eigenvalue weighted by atomic mass is 19.1. The Balaban J connectivity index is 1.73. The number of hydrogen-bond donors (Lipinski definition) is 0. The van der Waals surface area contributed by atoms with E-state index < -0.39 is 0 Å². The Labute approximate surface area is 131 Å². The van der Waals surface area contributed by atoms with E-state index in [1.807, 2.05) is 6.07 Å². The molecule has 118 valence electrons. The van der Waals surface area contributed by atoms with Gasteiger partial charge in [0.25, 0.3) is 0 Å². The number of benzene rings is 1. The van der Waals surface area contributed by atoms with Gasteiger partial charge < -0.3 is 4.74 Å². The number of carbonyl (C=O) groups is 1. The van der Waals surface area contributed by atoms with Crippen molar-refractivity contribution < 1.29 is 13.9 Å². The van der Waals surface area contributed by atoms with Gasteiger partial charge in [-0.3, -0.25) is 4.79 Å². The van der Waals surface area contributed by atoms with E-state index in [1.165, 1.54) is 18.2 Å². The fourth-order valence-electron chi connectivity index (χ4n) is 5.50. The van der Waals surface area contributed by atoms with Gasteiger partial charge in [-0.05, 0) is 73.1 Å². The molecule has 0 amide bonds. The molecule has 3 aliphatic carbocycles. The fourth-order valence-corrected chi connectivity index (χ4v) is 5.50. The summed E-state index contributed by atoms with van der Waals surface area (Å²) >= 11 is 0. The van der Waals surface area contributed by atoms with E-state index in [2.05, 4.69) is 6.92 Å². The maximum atomic E-state index is 14.2. The molecule has 0 unspecified atom stereocenters. The van der Waals surface area contributed by atoms with Crippen molar-refractivity contribution in [1.82, 2.24) is 0 Å². The summed E-state index contributed by atoms with van der Waals surface area (Å²) in [5, 5.41) is 0. The number of Topliss-reactive ketones (excluding diaryl/α,β-unsaturated/α-hetero) is 1. The molecule has 0 aromatic heterocycles. The van der Waals surface area contributed by atoms with Crippen LogP contribution in [0.25, 0.3) is 0 Å². The molecule has 0 radical (unpaired) electrons. The number of ketones is 1. The molecular weight excluding hydrogens is 279 g/mol.